The largest absolute Gasteiger partial charge is 0.496 e. The first-order valence-corrected chi connectivity index (χ1v) is 6.17. The maximum Gasteiger partial charge on any atom is 0.121 e. The average Bonchev–Trinajstić information content (AvgIpc) is 2.75. The summed E-state index contributed by atoms with van der Waals surface area (Å²) in [5, 5.41) is 0. The fraction of sp³-hybridized carbons (Fsp3) is 0.571. The normalized spacial score (nSPS) is 25.9. The molecule has 0 aromatic heterocycles. The lowest BCUT2D eigenvalue weighted by molar-refractivity contribution is 0.0401. The van der Waals surface area contributed by atoms with Crippen LogP contribution in [0, 0.1) is 6.92 Å². The van der Waals surface area contributed by atoms with Gasteiger partial charge in [-0.15, -0.1) is 0 Å². The van der Waals surface area contributed by atoms with Gasteiger partial charge in [0.1, 0.15) is 5.75 Å². The second kappa shape index (κ2) is 5.07. The van der Waals surface area contributed by atoms with Gasteiger partial charge in [-0.2, -0.15) is 0 Å². The van der Waals surface area contributed by atoms with Crippen LogP contribution in [-0.4, -0.2) is 19.3 Å². The van der Waals surface area contributed by atoms with E-state index in [4.69, 9.17) is 15.2 Å². The molecular formula is C14H21NO2. The van der Waals surface area contributed by atoms with Crippen molar-refractivity contribution in [2.75, 3.05) is 7.11 Å². The molecule has 1 heterocycles. The molecule has 3 atom stereocenters. The molecule has 17 heavy (non-hydrogen) atoms. The monoisotopic (exact) mass is 235 g/mol. The molecule has 0 radical (unpaired) electrons. The minimum Gasteiger partial charge on any atom is -0.496 e. The van der Waals surface area contributed by atoms with Crippen LogP contribution in [0.3, 0.4) is 0 Å². The number of hydrogen-bond acceptors (Lipinski definition) is 3. The highest BCUT2D eigenvalue weighted by atomic mass is 16.5. The summed E-state index contributed by atoms with van der Waals surface area (Å²) in [6.45, 7) is 4.14. The van der Waals surface area contributed by atoms with Crippen LogP contribution in [-0.2, 0) is 4.74 Å². The van der Waals surface area contributed by atoms with Crippen LogP contribution in [0.5, 0.6) is 5.75 Å². The average molecular weight is 235 g/mol. The highest BCUT2D eigenvalue weighted by molar-refractivity contribution is 5.37. The molecular weight excluding hydrogens is 214 g/mol. The van der Waals surface area contributed by atoms with Crippen molar-refractivity contribution >= 4 is 0 Å². The quantitative estimate of drug-likeness (QED) is 0.875. The molecule has 3 heteroatoms. The van der Waals surface area contributed by atoms with Crippen molar-refractivity contribution < 1.29 is 9.47 Å². The molecule has 0 saturated carbocycles. The van der Waals surface area contributed by atoms with Crippen LogP contribution < -0.4 is 10.5 Å². The second-order valence-electron chi connectivity index (χ2n) is 4.82. The molecule has 1 aromatic carbocycles. The molecule has 0 bridgehead atoms. The molecule has 3 nitrogen and oxygen atoms in total. The predicted octanol–water partition coefficient (Wildman–Crippen LogP) is 2.57. The lowest BCUT2D eigenvalue weighted by Gasteiger charge is -2.20. The number of hydrogen-bond donors (Lipinski definition) is 1. The molecule has 1 saturated heterocycles. The third-order valence-electron chi connectivity index (χ3n) is 3.47. The molecule has 3 unspecified atom stereocenters. The molecule has 0 amide bonds. The molecule has 1 aliphatic heterocycles. The summed E-state index contributed by atoms with van der Waals surface area (Å²) >= 11 is 0. The Balaban J connectivity index is 2.14. The van der Waals surface area contributed by atoms with Crippen molar-refractivity contribution in [2.24, 2.45) is 5.73 Å². The minimum atomic E-state index is -0.0374. The van der Waals surface area contributed by atoms with Gasteiger partial charge in [0.05, 0.1) is 25.4 Å². The number of aryl methyl sites for hydroxylation is 1. The first-order valence-electron chi connectivity index (χ1n) is 6.17. The fourth-order valence-corrected chi connectivity index (χ4v) is 2.42. The van der Waals surface area contributed by atoms with Gasteiger partial charge in [0.15, 0.2) is 0 Å². The zero-order chi connectivity index (χ0) is 12.4. The van der Waals surface area contributed by atoms with Crippen molar-refractivity contribution in [3.05, 3.63) is 29.3 Å². The van der Waals surface area contributed by atoms with Crippen molar-refractivity contribution in [3.63, 3.8) is 0 Å². The summed E-state index contributed by atoms with van der Waals surface area (Å²) in [7, 11) is 1.68. The Kier molecular flexibility index (Phi) is 3.69. The number of methoxy groups -OCH3 is 1. The maximum atomic E-state index is 6.26. The van der Waals surface area contributed by atoms with E-state index in [9.17, 15) is 0 Å². The van der Waals surface area contributed by atoms with Gasteiger partial charge in [-0.1, -0.05) is 12.1 Å². The Morgan fingerprint density at radius 1 is 1.41 bits per heavy atom. The number of rotatable bonds is 3. The van der Waals surface area contributed by atoms with Crippen molar-refractivity contribution in [1.29, 1.82) is 0 Å². The van der Waals surface area contributed by atoms with Gasteiger partial charge in [0, 0.05) is 0 Å². The van der Waals surface area contributed by atoms with E-state index in [0.29, 0.717) is 6.10 Å². The van der Waals surface area contributed by atoms with Gasteiger partial charge in [-0.25, -0.2) is 0 Å². The number of nitrogens with two attached hydrogens (primary N) is 1. The smallest absolute Gasteiger partial charge is 0.121 e. The van der Waals surface area contributed by atoms with E-state index in [2.05, 4.69) is 13.0 Å². The van der Waals surface area contributed by atoms with Crippen LogP contribution >= 0.6 is 0 Å². The summed E-state index contributed by atoms with van der Waals surface area (Å²) in [4.78, 5) is 0. The van der Waals surface area contributed by atoms with Crippen molar-refractivity contribution in [1.82, 2.24) is 0 Å². The van der Waals surface area contributed by atoms with Crippen LogP contribution in [0.25, 0.3) is 0 Å². The van der Waals surface area contributed by atoms with Crippen LogP contribution in [0.1, 0.15) is 36.9 Å². The minimum absolute atomic E-state index is 0.0374. The van der Waals surface area contributed by atoms with Crippen LogP contribution in [0.2, 0.25) is 0 Å². The summed E-state index contributed by atoms with van der Waals surface area (Å²) in [6, 6.07) is 6.06. The summed E-state index contributed by atoms with van der Waals surface area (Å²) in [5.74, 6) is 0.904. The van der Waals surface area contributed by atoms with E-state index < -0.39 is 0 Å². The standard InChI is InChI=1S/C14H21NO2/c1-9-8-11(5-7-12(9)16-3)14(15)13-6-4-10(2)17-13/h5,7-8,10,13-14H,4,6,15H2,1-3H3. The van der Waals surface area contributed by atoms with E-state index in [1.807, 2.05) is 19.1 Å². The molecule has 1 fully saturated rings. The SMILES string of the molecule is COc1ccc(C(N)C2CCC(C)O2)cc1C. The topological polar surface area (TPSA) is 44.5 Å². The van der Waals surface area contributed by atoms with Crippen molar-refractivity contribution in [2.45, 2.75) is 44.9 Å². The third-order valence-corrected chi connectivity index (χ3v) is 3.47. The first kappa shape index (κ1) is 12.4. The van der Waals surface area contributed by atoms with Crippen molar-refractivity contribution in [3.8, 4) is 5.75 Å². The Morgan fingerprint density at radius 3 is 2.71 bits per heavy atom. The molecule has 1 aromatic rings. The fourth-order valence-electron chi connectivity index (χ4n) is 2.42. The maximum absolute atomic E-state index is 6.26. The molecule has 0 aliphatic carbocycles. The van der Waals surface area contributed by atoms with Gasteiger partial charge >= 0.3 is 0 Å². The zero-order valence-electron chi connectivity index (χ0n) is 10.8. The van der Waals surface area contributed by atoms with Gasteiger partial charge in [-0.3, -0.25) is 0 Å². The van der Waals surface area contributed by atoms with E-state index in [1.54, 1.807) is 7.11 Å². The summed E-state index contributed by atoms with van der Waals surface area (Å²) in [5.41, 5.74) is 8.50. The molecule has 2 N–H and O–H groups in total. The zero-order valence-corrected chi connectivity index (χ0v) is 10.8. The second-order valence-corrected chi connectivity index (χ2v) is 4.82. The first-order chi connectivity index (χ1) is 8.11. The predicted molar refractivity (Wildman–Crippen MR) is 68.2 cm³/mol. The Bertz CT molecular complexity index is 392. The van der Waals surface area contributed by atoms with Crippen LogP contribution in [0.4, 0.5) is 0 Å². The van der Waals surface area contributed by atoms with E-state index in [0.717, 1.165) is 29.7 Å². The van der Waals surface area contributed by atoms with Gasteiger partial charge in [0.25, 0.3) is 0 Å². The highest BCUT2D eigenvalue weighted by Crippen LogP contribution is 2.30. The highest BCUT2D eigenvalue weighted by Gasteiger charge is 2.28. The third kappa shape index (κ3) is 2.61. The Labute approximate surface area is 103 Å². The van der Waals surface area contributed by atoms with Gasteiger partial charge in [0.2, 0.25) is 0 Å². The summed E-state index contributed by atoms with van der Waals surface area (Å²) in [6.07, 6.45) is 2.64. The lowest BCUT2D eigenvalue weighted by Crippen LogP contribution is -2.26. The Morgan fingerprint density at radius 2 is 2.18 bits per heavy atom. The number of ether oxygens (including phenoxy) is 2. The lowest BCUT2D eigenvalue weighted by atomic mass is 9.98. The molecule has 0 spiro atoms. The van der Waals surface area contributed by atoms with Gasteiger partial charge in [-0.05, 0) is 43.9 Å². The molecule has 2 rings (SSSR count). The Hall–Kier alpha value is -1.06. The van der Waals surface area contributed by atoms with Gasteiger partial charge < -0.3 is 15.2 Å². The van der Waals surface area contributed by atoms with E-state index in [-0.39, 0.29) is 12.1 Å². The van der Waals surface area contributed by atoms with E-state index >= 15 is 0 Å². The molecule has 94 valence electrons. The number of benzene rings is 1. The van der Waals surface area contributed by atoms with Crippen LogP contribution in [0.15, 0.2) is 18.2 Å². The summed E-state index contributed by atoms with van der Waals surface area (Å²) < 4.78 is 11.1. The molecule has 1 aliphatic rings. The van der Waals surface area contributed by atoms with E-state index in [1.165, 1.54) is 0 Å².